The Kier molecular flexibility index (Phi) is 8.45. The summed E-state index contributed by atoms with van der Waals surface area (Å²) in [5, 5.41) is 2.89. The fourth-order valence-electron chi connectivity index (χ4n) is 3.26. The number of rotatable bonds is 9. The highest BCUT2D eigenvalue weighted by Gasteiger charge is 2.20. The van der Waals surface area contributed by atoms with Crippen molar-refractivity contribution < 1.29 is 14.3 Å². The SMILES string of the molecule is CCCCOc1ccc(C(=O)Nc2ccccc2C(=O)N(CC)c2ccccc2)cc1Br. The molecule has 0 saturated carbocycles. The second-order valence-electron chi connectivity index (χ2n) is 7.23. The third-order valence-electron chi connectivity index (χ3n) is 4.98. The summed E-state index contributed by atoms with van der Waals surface area (Å²) >= 11 is 3.48. The van der Waals surface area contributed by atoms with Crippen molar-refractivity contribution in [1.29, 1.82) is 0 Å². The molecule has 0 aliphatic heterocycles. The van der Waals surface area contributed by atoms with Crippen molar-refractivity contribution in [2.24, 2.45) is 0 Å². The summed E-state index contributed by atoms with van der Waals surface area (Å²) in [4.78, 5) is 27.9. The minimum atomic E-state index is -0.297. The first-order valence-electron chi connectivity index (χ1n) is 10.7. The van der Waals surface area contributed by atoms with Gasteiger partial charge in [0, 0.05) is 17.8 Å². The van der Waals surface area contributed by atoms with Crippen molar-refractivity contribution in [3.63, 3.8) is 0 Å². The molecule has 0 aromatic heterocycles. The van der Waals surface area contributed by atoms with Gasteiger partial charge in [-0.2, -0.15) is 0 Å². The van der Waals surface area contributed by atoms with Gasteiger partial charge in [-0.15, -0.1) is 0 Å². The molecule has 5 nitrogen and oxygen atoms in total. The minimum absolute atomic E-state index is 0.171. The summed E-state index contributed by atoms with van der Waals surface area (Å²) in [6.07, 6.45) is 2.02. The number of nitrogens with one attached hydrogen (secondary N) is 1. The van der Waals surface area contributed by atoms with Crippen LogP contribution in [0.15, 0.2) is 77.3 Å². The van der Waals surface area contributed by atoms with Gasteiger partial charge in [0.1, 0.15) is 5.75 Å². The van der Waals surface area contributed by atoms with Crippen LogP contribution in [-0.4, -0.2) is 25.0 Å². The van der Waals surface area contributed by atoms with E-state index >= 15 is 0 Å². The van der Waals surface area contributed by atoms with E-state index in [0.29, 0.717) is 40.2 Å². The number of nitrogens with zero attached hydrogens (tertiary/aromatic N) is 1. The van der Waals surface area contributed by atoms with Crippen molar-refractivity contribution in [3.05, 3.63) is 88.4 Å². The van der Waals surface area contributed by atoms with E-state index in [0.717, 1.165) is 18.5 Å². The smallest absolute Gasteiger partial charge is 0.260 e. The maximum Gasteiger partial charge on any atom is 0.260 e. The molecule has 0 unspecified atom stereocenters. The Morgan fingerprint density at radius 3 is 2.38 bits per heavy atom. The van der Waals surface area contributed by atoms with Crippen LogP contribution in [0.2, 0.25) is 0 Å². The second-order valence-corrected chi connectivity index (χ2v) is 8.09. The van der Waals surface area contributed by atoms with E-state index in [2.05, 4.69) is 28.2 Å². The molecule has 2 amide bonds. The zero-order valence-electron chi connectivity index (χ0n) is 18.3. The van der Waals surface area contributed by atoms with E-state index in [4.69, 9.17) is 4.74 Å². The molecule has 3 rings (SSSR count). The van der Waals surface area contributed by atoms with Gasteiger partial charge in [-0.05, 0) is 71.7 Å². The van der Waals surface area contributed by atoms with Gasteiger partial charge in [0.15, 0.2) is 0 Å². The summed E-state index contributed by atoms with van der Waals surface area (Å²) in [6, 6.07) is 21.8. The lowest BCUT2D eigenvalue weighted by Gasteiger charge is -2.22. The highest BCUT2D eigenvalue weighted by Crippen LogP contribution is 2.27. The van der Waals surface area contributed by atoms with Gasteiger partial charge in [-0.25, -0.2) is 0 Å². The van der Waals surface area contributed by atoms with Gasteiger partial charge in [0.2, 0.25) is 0 Å². The van der Waals surface area contributed by atoms with Gasteiger partial charge in [-0.1, -0.05) is 43.7 Å². The normalized spacial score (nSPS) is 10.5. The standard InChI is InChI=1S/C26H27BrN2O3/c1-3-5-17-32-24-16-15-19(18-22(24)27)25(30)28-23-14-10-9-13-21(23)26(31)29(4-2)20-11-7-6-8-12-20/h6-16,18H,3-5,17H2,1-2H3,(H,28,30). The van der Waals surface area contributed by atoms with Crippen LogP contribution in [-0.2, 0) is 0 Å². The van der Waals surface area contributed by atoms with E-state index in [1.165, 1.54) is 0 Å². The summed E-state index contributed by atoms with van der Waals surface area (Å²) in [7, 11) is 0. The summed E-state index contributed by atoms with van der Waals surface area (Å²) in [5.41, 5.74) is 2.18. The van der Waals surface area contributed by atoms with E-state index in [-0.39, 0.29) is 11.8 Å². The zero-order chi connectivity index (χ0) is 22.9. The fourth-order valence-corrected chi connectivity index (χ4v) is 3.75. The van der Waals surface area contributed by atoms with Gasteiger partial charge < -0.3 is 15.0 Å². The van der Waals surface area contributed by atoms with Crippen LogP contribution in [0, 0.1) is 0 Å². The molecule has 0 heterocycles. The molecule has 0 saturated heterocycles. The van der Waals surface area contributed by atoms with Gasteiger partial charge in [0.25, 0.3) is 11.8 Å². The number of ether oxygens (including phenoxy) is 1. The number of unbranched alkanes of at least 4 members (excludes halogenated alkanes) is 1. The number of amides is 2. The highest BCUT2D eigenvalue weighted by atomic mass is 79.9. The lowest BCUT2D eigenvalue weighted by molar-refractivity contribution is 0.0989. The number of carbonyl (C=O) groups is 2. The van der Waals surface area contributed by atoms with Crippen LogP contribution in [0.4, 0.5) is 11.4 Å². The number of hydrogen-bond donors (Lipinski definition) is 1. The molecular weight excluding hydrogens is 468 g/mol. The Hall–Kier alpha value is -3.12. The minimum Gasteiger partial charge on any atom is -0.492 e. The second kappa shape index (κ2) is 11.5. The maximum atomic E-state index is 13.3. The Bertz CT molecular complexity index is 1070. The van der Waals surface area contributed by atoms with Crippen LogP contribution in [0.3, 0.4) is 0 Å². The molecule has 3 aromatic rings. The molecule has 3 aromatic carbocycles. The van der Waals surface area contributed by atoms with Gasteiger partial charge >= 0.3 is 0 Å². The Balaban J connectivity index is 1.79. The van der Waals surface area contributed by atoms with E-state index in [1.807, 2.05) is 37.3 Å². The monoisotopic (exact) mass is 494 g/mol. The molecule has 0 fully saturated rings. The van der Waals surface area contributed by atoms with E-state index < -0.39 is 0 Å². The van der Waals surface area contributed by atoms with Crippen molar-refractivity contribution in [2.75, 3.05) is 23.4 Å². The molecule has 0 aliphatic carbocycles. The van der Waals surface area contributed by atoms with Gasteiger partial charge in [-0.3, -0.25) is 9.59 Å². The number of benzene rings is 3. The molecule has 0 radical (unpaired) electrons. The zero-order valence-corrected chi connectivity index (χ0v) is 19.9. The summed E-state index contributed by atoms with van der Waals surface area (Å²) in [6.45, 7) is 5.17. The van der Waals surface area contributed by atoms with Crippen LogP contribution in [0.25, 0.3) is 0 Å². The molecule has 32 heavy (non-hydrogen) atoms. The average molecular weight is 495 g/mol. The molecule has 0 atom stereocenters. The predicted molar refractivity (Wildman–Crippen MR) is 133 cm³/mol. The molecular formula is C26H27BrN2O3. The molecule has 166 valence electrons. The van der Waals surface area contributed by atoms with Crippen molar-refractivity contribution in [2.45, 2.75) is 26.7 Å². The highest BCUT2D eigenvalue weighted by molar-refractivity contribution is 9.10. The van der Waals surface area contributed by atoms with Crippen LogP contribution < -0.4 is 15.0 Å². The van der Waals surface area contributed by atoms with Crippen LogP contribution >= 0.6 is 15.9 Å². The van der Waals surface area contributed by atoms with E-state index in [9.17, 15) is 9.59 Å². The number of carbonyl (C=O) groups excluding carboxylic acids is 2. The third kappa shape index (κ3) is 5.77. The first-order chi connectivity index (χ1) is 15.5. The summed E-state index contributed by atoms with van der Waals surface area (Å²) < 4.78 is 6.45. The lowest BCUT2D eigenvalue weighted by Crippen LogP contribution is -2.31. The molecule has 0 spiro atoms. The molecule has 6 heteroatoms. The Morgan fingerprint density at radius 2 is 1.69 bits per heavy atom. The third-order valence-corrected chi connectivity index (χ3v) is 5.60. The summed E-state index contributed by atoms with van der Waals surface area (Å²) in [5.74, 6) is 0.233. The largest absolute Gasteiger partial charge is 0.492 e. The van der Waals surface area contributed by atoms with Crippen molar-refractivity contribution in [1.82, 2.24) is 0 Å². The number of anilines is 2. The number of para-hydroxylation sites is 2. The van der Waals surface area contributed by atoms with Crippen molar-refractivity contribution in [3.8, 4) is 5.75 Å². The molecule has 1 N–H and O–H groups in total. The average Bonchev–Trinajstić information content (AvgIpc) is 2.81. The van der Waals surface area contributed by atoms with Crippen molar-refractivity contribution >= 4 is 39.1 Å². The Labute approximate surface area is 197 Å². The van der Waals surface area contributed by atoms with Crippen LogP contribution in [0.5, 0.6) is 5.75 Å². The van der Waals surface area contributed by atoms with Gasteiger partial charge in [0.05, 0.1) is 22.3 Å². The van der Waals surface area contributed by atoms with Crippen LogP contribution in [0.1, 0.15) is 47.4 Å². The first-order valence-corrected chi connectivity index (χ1v) is 11.5. The predicted octanol–water partition coefficient (Wildman–Crippen LogP) is 6.55. The first kappa shape index (κ1) is 23.5. The van der Waals surface area contributed by atoms with E-state index in [1.54, 1.807) is 47.4 Å². The number of halogens is 1. The topological polar surface area (TPSA) is 58.6 Å². The fraction of sp³-hybridized carbons (Fsp3) is 0.231. The molecule has 0 aliphatic rings. The molecule has 0 bridgehead atoms. The quantitative estimate of drug-likeness (QED) is 0.343. The Morgan fingerprint density at radius 1 is 0.969 bits per heavy atom. The maximum absolute atomic E-state index is 13.3. The lowest BCUT2D eigenvalue weighted by atomic mass is 10.1. The number of hydrogen-bond acceptors (Lipinski definition) is 3.